The van der Waals surface area contributed by atoms with Crippen LogP contribution in [0, 0.1) is 10.1 Å². The molecule has 1 aromatic rings. The molecule has 2 unspecified atom stereocenters. The van der Waals surface area contributed by atoms with E-state index in [0.29, 0.717) is 17.9 Å². The number of benzene rings is 1. The summed E-state index contributed by atoms with van der Waals surface area (Å²) in [6.07, 6.45) is 2.10. The van der Waals surface area contributed by atoms with Gasteiger partial charge in [0.05, 0.1) is 4.92 Å². The predicted molar refractivity (Wildman–Crippen MR) is 81.4 cm³/mol. The summed E-state index contributed by atoms with van der Waals surface area (Å²) in [4.78, 5) is 22.5. The van der Waals surface area contributed by atoms with E-state index < -0.39 is 21.6 Å². The number of hydrogen-bond donors (Lipinski definition) is 3. The largest absolute Gasteiger partial charge is 0.349 e. The van der Waals surface area contributed by atoms with Gasteiger partial charge in [0.2, 0.25) is 0 Å². The molecule has 8 nitrogen and oxygen atoms in total. The van der Waals surface area contributed by atoms with Crippen molar-refractivity contribution in [3.8, 4) is 0 Å². The molecule has 0 aliphatic heterocycles. The number of nitro groups is 1. The molecule has 1 rings (SSSR count). The molecule has 0 aliphatic rings. The lowest BCUT2D eigenvalue weighted by molar-refractivity contribution is -0.385. The summed E-state index contributed by atoms with van der Waals surface area (Å²) in [7, 11) is -0.948. The van der Waals surface area contributed by atoms with Gasteiger partial charge in [-0.1, -0.05) is 0 Å². The lowest BCUT2D eigenvalue weighted by atomic mass is 10.1. The fraction of sp³-hybridized carbons (Fsp3) is 0.417. The zero-order valence-electron chi connectivity index (χ0n) is 11.8. The lowest BCUT2D eigenvalue weighted by Crippen LogP contribution is -2.34. The third kappa shape index (κ3) is 5.12. The van der Waals surface area contributed by atoms with Gasteiger partial charge >= 0.3 is 0 Å². The third-order valence-electron chi connectivity index (χ3n) is 2.82. The fourth-order valence-corrected chi connectivity index (χ4v) is 2.37. The molecule has 21 heavy (non-hydrogen) atoms. The average molecular weight is 314 g/mol. The second kappa shape index (κ2) is 7.70. The minimum Gasteiger partial charge on any atom is -0.349 e. The quantitative estimate of drug-likeness (QED) is 0.387. The molecule has 4 N–H and O–H groups in total. The highest BCUT2D eigenvalue weighted by molar-refractivity contribution is 7.84. The van der Waals surface area contributed by atoms with Crippen LogP contribution in [-0.4, -0.2) is 33.1 Å². The van der Waals surface area contributed by atoms with Crippen LogP contribution in [0.5, 0.6) is 0 Å². The topological polar surface area (TPSA) is 127 Å². The van der Waals surface area contributed by atoms with Crippen molar-refractivity contribution in [1.29, 1.82) is 0 Å². The second-order valence-corrected chi connectivity index (χ2v) is 6.13. The van der Waals surface area contributed by atoms with E-state index in [1.807, 2.05) is 0 Å². The predicted octanol–water partition coefficient (Wildman–Crippen LogP) is 0.767. The van der Waals surface area contributed by atoms with E-state index in [1.54, 1.807) is 13.2 Å². The first-order valence-corrected chi connectivity index (χ1v) is 7.93. The minimum atomic E-state index is -0.948. The van der Waals surface area contributed by atoms with Gasteiger partial charge in [-0.15, -0.1) is 0 Å². The first kappa shape index (κ1) is 17.1. The van der Waals surface area contributed by atoms with Crippen LogP contribution in [0.25, 0.3) is 0 Å². The van der Waals surface area contributed by atoms with Crippen LogP contribution in [-0.2, 0) is 10.8 Å². The zero-order valence-corrected chi connectivity index (χ0v) is 12.6. The summed E-state index contributed by atoms with van der Waals surface area (Å²) >= 11 is 0. The molecular weight excluding hydrogens is 296 g/mol. The molecule has 0 saturated heterocycles. The lowest BCUT2D eigenvalue weighted by Gasteiger charge is -2.13. The molecule has 2 atom stereocenters. The van der Waals surface area contributed by atoms with Gasteiger partial charge in [-0.25, -0.2) is 0 Å². The molecule has 9 heteroatoms. The number of anilines is 1. The number of carbonyl (C=O) groups is 1. The highest BCUT2D eigenvalue weighted by Crippen LogP contribution is 2.22. The number of nitro benzene ring substituents is 1. The van der Waals surface area contributed by atoms with Crippen LogP contribution in [0.3, 0.4) is 0 Å². The van der Waals surface area contributed by atoms with Crippen molar-refractivity contribution in [2.45, 2.75) is 19.4 Å². The van der Waals surface area contributed by atoms with Gasteiger partial charge in [0, 0.05) is 40.6 Å². The van der Waals surface area contributed by atoms with Crippen LogP contribution < -0.4 is 16.6 Å². The van der Waals surface area contributed by atoms with Crippen molar-refractivity contribution in [2.24, 2.45) is 5.84 Å². The van der Waals surface area contributed by atoms with E-state index in [-0.39, 0.29) is 17.3 Å². The van der Waals surface area contributed by atoms with E-state index in [0.717, 1.165) is 0 Å². The summed E-state index contributed by atoms with van der Waals surface area (Å²) in [6.45, 7) is 1.75. The number of carbonyl (C=O) groups excluding carboxylic acids is 1. The van der Waals surface area contributed by atoms with Gasteiger partial charge in [0.25, 0.3) is 11.6 Å². The SMILES string of the molecule is CC(CCS(C)=O)NC(=O)c1cc(NN)ccc1[N+](=O)[O-]. The Hall–Kier alpha value is -2.00. The maximum atomic E-state index is 12.1. The Morgan fingerprint density at radius 1 is 1.52 bits per heavy atom. The first-order valence-electron chi connectivity index (χ1n) is 6.21. The summed E-state index contributed by atoms with van der Waals surface area (Å²) < 4.78 is 11.0. The molecule has 0 aliphatic carbocycles. The second-order valence-electron chi connectivity index (χ2n) is 4.57. The number of nitrogen functional groups attached to an aromatic ring is 1. The number of amides is 1. The average Bonchev–Trinajstić information content (AvgIpc) is 2.44. The normalized spacial score (nSPS) is 13.3. The van der Waals surface area contributed by atoms with E-state index in [4.69, 9.17) is 5.84 Å². The van der Waals surface area contributed by atoms with E-state index in [9.17, 15) is 19.1 Å². The van der Waals surface area contributed by atoms with Crippen molar-refractivity contribution >= 4 is 28.1 Å². The molecule has 0 spiro atoms. The van der Waals surface area contributed by atoms with Gasteiger partial charge in [-0.05, 0) is 25.5 Å². The Balaban J connectivity index is 2.89. The van der Waals surface area contributed by atoms with Crippen molar-refractivity contribution < 1.29 is 13.9 Å². The molecule has 116 valence electrons. The Morgan fingerprint density at radius 3 is 2.71 bits per heavy atom. The summed E-state index contributed by atoms with van der Waals surface area (Å²) in [5, 5.41) is 13.6. The van der Waals surface area contributed by atoms with Gasteiger partial charge in [-0.2, -0.15) is 0 Å². The Labute approximate surface area is 124 Å². The van der Waals surface area contributed by atoms with Crippen LogP contribution in [0.2, 0.25) is 0 Å². The van der Waals surface area contributed by atoms with E-state index >= 15 is 0 Å². The number of rotatable bonds is 7. The van der Waals surface area contributed by atoms with E-state index in [2.05, 4.69) is 10.7 Å². The molecule has 0 fully saturated rings. The van der Waals surface area contributed by atoms with Crippen molar-refractivity contribution in [1.82, 2.24) is 5.32 Å². The maximum Gasteiger partial charge on any atom is 0.282 e. The molecule has 0 bridgehead atoms. The van der Waals surface area contributed by atoms with Crippen molar-refractivity contribution in [3.63, 3.8) is 0 Å². The van der Waals surface area contributed by atoms with Gasteiger partial charge in [0.1, 0.15) is 5.56 Å². The minimum absolute atomic E-state index is 0.0695. The molecule has 1 amide bonds. The molecule has 0 radical (unpaired) electrons. The standard InChI is InChI=1S/C12H18N4O4S/c1-8(5-6-21(2)20)14-12(17)10-7-9(15-13)3-4-11(10)16(18)19/h3-4,7-8,15H,5-6,13H2,1-2H3,(H,14,17). The van der Waals surface area contributed by atoms with Gasteiger partial charge in [-0.3, -0.25) is 25.0 Å². The van der Waals surface area contributed by atoms with Crippen LogP contribution in [0.15, 0.2) is 18.2 Å². The van der Waals surface area contributed by atoms with Crippen molar-refractivity contribution in [2.75, 3.05) is 17.4 Å². The van der Waals surface area contributed by atoms with Crippen LogP contribution in [0.1, 0.15) is 23.7 Å². The Bertz CT molecular complexity index is 564. The third-order valence-corrected chi connectivity index (χ3v) is 3.63. The molecule has 1 aromatic carbocycles. The Morgan fingerprint density at radius 2 is 2.19 bits per heavy atom. The number of hydrazine groups is 1. The molecular formula is C12H18N4O4S. The zero-order chi connectivity index (χ0) is 16.0. The first-order chi connectivity index (χ1) is 9.85. The Kier molecular flexibility index (Phi) is 6.25. The maximum absolute atomic E-state index is 12.1. The highest BCUT2D eigenvalue weighted by atomic mass is 32.2. The number of nitrogens with two attached hydrogens (primary N) is 1. The molecule has 0 saturated carbocycles. The number of nitrogens with zero attached hydrogens (tertiary/aromatic N) is 1. The molecule has 0 aromatic heterocycles. The fourth-order valence-electron chi connectivity index (χ4n) is 1.68. The summed E-state index contributed by atoms with van der Waals surface area (Å²) in [5.41, 5.74) is 2.37. The van der Waals surface area contributed by atoms with Crippen LogP contribution in [0.4, 0.5) is 11.4 Å². The monoisotopic (exact) mass is 314 g/mol. The number of nitrogens with one attached hydrogen (secondary N) is 2. The van der Waals surface area contributed by atoms with Crippen molar-refractivity contribution in [3.05, 3.63) is 33.9 Å². The smallest absolute Gasteiger partial charge is 0.282 e. The summed E-state index contributed by atoms with van der Waals surface area (Å²) in [6, 6.07) is 3.71. The van der Waals surface area contributed by atoms with Crippen LogP contribution >= 0.6 is 0 Å². The summed E-state index contributed by atoms with van der Waals surface area (Å²) in [5.74, 6) is 5.13. The highest BCUT2D eigenvalue weighted by Gasteiger charge is 2.21. The number of hydrogen-bond acceptors (Lipinski definition) is 6. The van der Waals surface area contributed by atoms with Gasteiger partial charge < -0.3 is 10.7 Å². The molecule has 0 heterocycles. The van der Waals surface area contributed by atoms with E-state index in [1.165, 1.54) is 18.2 Å². The van der Waals surface area contributed by atoms with Gasteiger partial charge in [0.15, 0.2) is 0 Å².